The van der Waals surface area contributed by atoms with Gasteiger partial charge in [0, 0.05) is 4.90 Å². The monoisotopic (exact) mass is 306 g/mol. The number of hydrogen-bond donors (Lipinski definition) is 3. The second kappa shape index (κ2) is 8.06. The largest absolute Gasteiger partial charge is 0.573 e. The van der Waals surface area contributed by atoms with Crippen molar-refractivity contribution >= 4 is 12.6 Å². The van der Waals surface area contributed by atoms with Crippen LogP contribution in [0.5, 0.6) is 5.75 Å². The predicted molar refractivity (Wildman–Crippen MR) is 74.8 cm³/mol. The van der Waals surface area contributed by atoms with Crippen LogP contribution >= 0.6 is 12.6 Å². The SMILES string of the molecule is FC(F)(F)Oc1ccc(S)cc1.NC=C1CCNCC1. The zero-order valence-electron chi connectivity index (χ0n) is 10.8. The molecule has 3 N–H and O–H groups in total. The van der Waals surface area contributed by atoms with Gasteiger partial charge in [-0.25, -0.2) is 0 Å². The molecule has 0 spiro atoms. The third-order valence-electron chi connectivity index (χ3n) is 2.55. The highest BCUT2D eigenvalue weighted by Gasteiger charge is 2.30. The van der Waals surface area contributed by atoms with Crippen LogP contribution in [0.25, 0.3) is 0 Å². The third kappa shape index (κ3) is 7.30. The molecule has 2 rings (SSSR count). The summed E-state index contributed by atoms with van der Waals surface area (Å²) < 4.78 is 38.4. The Kier molecular flexibility index (Phi) is 6.74. The molecule has 1 saturated heterocycles. The highest BCUT2D eigenvalue weighted by Crippen LogP contribution is 2.23. The molecule has 0 amide bonds. The summed E-state index contributed by atoms with van der Waals surface area (Å²) in [7, 11) is 0. The molecule has 0 bridgehead atoms. The van der Waals surface area contributed by atoms with E-state index >= 15 is 0 Å². The molecule has 0 saturated carbocycles. The van der Waals surface area contributed by atoms with Gasteiger partial charge in [-0.1, -0.05) is 5.57 Å². The number of benzene rings is 1. The molecule has 1 aliphatic heterocycles. The summed E-state index contributed by atoms with van der Waals surface area (Å²) in [5, 5.41) is 3.25. The Balaban J connectivity index is 0.000000217. The molecular weight excluding hydrogens is 289 g/mol. The minimum absolute atomic E-state index is 0.236. The summed E-state index contributed by atoms with van der Waals surface area (Å²) in [6, 6.07) is 5.25. The molecule has 0 atom stereocenters. The van der Waals surface area contributed by atoms with Crippen LogP contribution in [-0.2, 0) is 0 Å². The first-order valence-electron chi connectivity index (χ1n) is 6.06. The van der Waals surface area contributed by atoms with Crippen molar-refractivity contribution in [3.8, 4) is 5.75 Å². The Bertz CT molecular complexity index is 424. The summed E-state index contributed by atoms with van der Waals surface area (Å²) in [5.41, 5.74) is 6.71. The number of halogens is 3. The van der Waals surface area contributed by atoms with E-state index < -0.39 is 6.36 Å². The minimum atomic E-state index is -4.63. The summed E-state index contributed by atoms with van der Waals surface area (Å²) in [4.78, 5) is 0.588. The average Bonchev–Trinajstić information content (AvgIpc) is 2.42. The summed E-state index contributed by atoms with van der Waals surface area (Å²) in [5.74, 6) is -0.236. The Morgan fingerprint density at radius 1 is 1.15 bits per heavy atom. The van der Waals surface area contributed by atoms with E-state index in [4.69, 9.17) is 5.73 Å². The quantitative estimate of drug-likeness (QED) is 0.699. The number of nitrogens with one attached hydrogen (secondary N) is 1. The van der Waals surface area contributed by atoms with Crippen LogP contribution in [0.4, 0.5) is 13.2 Å². The second-order valence-corrected chi connectivity index (χ2v) is 4.63. The van der Waals surface area contributed by atoms with Crippen molar-refractivity contribution < 1.29 is 17.9 Å². The standard InChI is InChI=1S/C7H5F3OS.C6H12N2/c8-7(9,10)11-5-1-3-6(12)4-2-5;7-5-6-1-3-8-4-2-6/h1-4,12H;5,8H,1-4,7H2. The van der Waals surface area contributed by atoms with Crippen LogP contribution in [-0.4, -0.2) is 19.5 Å². The highest BCUT2D eigenvalue weighted by molar-refractivity contribution is 7.80. The smallest absolute Gasteiger partial charge is 0.406 e. The molecule has 0 aliphatic carbocycles. The maximum atomic E-state index is 11.6. The number of thiol groups is 1. The van der Waals surface area contributed by atoms with Gasteiger partial charge in [-0.05, 0) is 56.4 Å². The van der Waals surface area contributed by atoms with Gasteiger partial charge in [0.15, 0.2) is 0 Å². The van der Waals surface area contributed by atoms with Crippen molar-refractivity contribution in [1.82, 2.24) is 5.32 Å². The normalized spacial score (nSPS) is 15.1. The zero-order valence-corrected chi connectivity index (χ0v) is 11.7. The van der Waals surface area contributed by atoms with E-state index in [0.29, 0.717) is 4.90 Å². The van der Waals surface area contributed by atoms with E-state index in [1.165, 1.54) is 29.8 Å². The second-order valence-electron chi connectivity index (χ2n) is 4.12. The number of ether oxygens (including phenoxy) is 1. The van der Waals surface area contributed by atoms with Crippen LogP contribution in [0.1, 0.15) is 12.8 Å². The van der Waals surface area contributed by atoms with Gasteiger partial charge < -0.3 is 15.8 Å². The van der Waals surface area contributed by atoms with Crippen molar-refractivity contribution in [2.45, 2.75) is 24.1 Å². The molecule has 1 aliphatic rings. The van der Waals surface area contributed by atoms with Crippen molar-refractivity contribution in [3.63, 3.8) is 0 Å². The van der Waals surface area contributed by atoms with Gasteiger partial charge in [0.2, 0.25) is 0 Å². The van der Waals surface area contributed by atoms with Gasteiger partial charge in [0.25, 0.3) is 0 Å². The first-order valence-corrected chi connectivity index (χ1v) is 6.50. The first-order chi connectivity index (χ1) is 9.40. The van der Waals surface area contributed by atoms with Crippen LogP contribution in [0.2, 0.25) is 0 Å². The maximum absolute atomic E-state index is 11.6. The molecule has 0 unspecified atom stereocenters. The number of piperidine rings is 1. The molecule has 0 radical (unpaired) electrons. The number of nitrogens with two attached hydrogens (primary N) is 1. The average molecular weight is 306 g/mol. The van der Waals surface area contributed by atoms with Gasteiger partial charge >= 0.3 is 6.36 Å². The van der Waals surface area contributed by atoms with Gasteiger partial charge in [0.1, 0.15) is 5.75 Å². The van der Waals surface area contributed by atoms with Gasteiger partial charge in [0.05, 0.1) is 0 Å². The molecule has 0 aromatic heterocycles. The van der Waals surface area contributed by atoms with Crippen molar-refractivity contribution in [1.29, 1.82) is 0 Å². The van der Waals surface area contributed by atoms with E-state index in [1.54, 1.807) is 6.20 Å². The van der Waals surface area contributed by atoms with E-state index in [0.717, 1.165) is 25.9 Å². The number of rotatable bonds is 1. The molecule has 1 aromatic carbocycles. The Morgan fingerprint density at radius 3 is 2.10 bits per heavy atom. The lowest BCUT2D eigenvalue weighted by atomic mass is 10.1. The fourth-order valence-electron chi connectivity index (χ4n) is 1.56. The lowest BCUT2D eigenvalue weighted by molar-refractivity contribution is -0.274. The Hall–Kier alpha value is -1.34. The molecule has 20 heavy (non-hydrogen) atoms. The number of alkyl halides is 3. The van der Waals surface area contributed by atoms with Crippen molar-refractivity contribution in [2.24, 2.45) is 5.73 Å². The third-order valence-corrected chi connectivity index (χ3v) is 2.85. The summed E-state index contributed by atoms with van der Waals surface area (Å²) in [6.45, 7) is 2.20. The molecular formula is C13H17F3N2OS. The lowest BCUT2D eigenvalue weighted by Crippen LogP contribution is -2.23. The van der Waals surface area contributed by atoms with E-state index in [2.05, 4.69) is 22.7 Å². The fraction of sp³-hybridized carbons (Fsp3) is 0.385. The first kappa shape index (κ1) is 16.7. The molecule has 3 nitrogen and oxygen atoms in total. The molecule has 1 fully saturated rings. The van der Waals surface area contributed by atoms with E-state index in [1.807, 2.05) is 0 Å². The molecule has 112 valence electrons. The minimum Gasteiger partial charge on any atom is -0.406 e. The summed E-state index contributed by atoms with van der Waals surface area (Å²) >= 11 is 3.91. The Labute approximate surface area is 121 Å². The van der Waals surface area contributed by atoms with Crippen LogP contribution < -0.4 is 15.8 Å². The zero-order chi connectivity index (χ0) is 15.0. The Morgan fingerprint density at radius 2 is 1.70 bits per heavy atom. The van der Waals surface area contributed by atoms with Crippen LogP contribution in [0.15, 0.2) is 40.9 Å². The van der Waals surface area contributed by atoms with E-state index in [-0.39, 0.29) is 5.75 Å². The lowest BCUT2D eigenvalue weighted by Gasteiger charge is -2.13. The molecule has 7 heteroatoms. The van der Waals surface area contributed by atoms with Gasteiger partial charge in [-0.15, -0.1) is 25.8 Å². The summed E-state index contributed by atoms with van der Waals surface area (Å²) in [6.07, 6.45) is -0.619. The van der Waals surface area contributed by atoms with Gasteiger partial charge in [-0.2, -0.15) is 0 Å². The fourth-order valence-corrected chi connectivity index (χ4v) is 1.71. The van der Waals surface area contributed by atoms with Gasteiger partial charge in [-0.3, -0.25) is 0 Å². The van der Waals surface area contributed by atoms with Crippen LogP contribution in [0.3, 0.4) is 0 Å². The predicted octanol–water partition coefficient (Wildman–Crippen LogP) is 3.09. The number of hydrogen-bond acceptors (Lipinski definition) is 4. The maximum Gasteiger partial charge on any atom is 0.573 e. The van der Waals surface area contributed by atoms with Crippen molar-refractivity contribution in [3.05, 3.63) is 36.0 Å². The van der Waals surface area contributed by atoms with Crippen molar-refractivity contribution in [2.75, 3.05) is 13.1 Å². The van der Waals surface area contributed by atoms with Crippen LogP contribution in [0, 0.1) is 0 Å². The highest BCUT2D eigenvalue weighted by atomic mass is 32.1. The topological polar surface area (TPSA) is 47.3 Å². The molecule has 1 aromatic rings. The molecule has 1 heterocycles. The van der Waals surface area contributed by atoms with E-state index in [9.17, 15) is 13.2 Å².